The third-order valence-electron chi connectivity index (χ3n) is 9.60. The van der Waals surface area contributed by atoms with Gasteiger partial charge in [-0.15, -0.1) is 6.58 Å². The number of ketones is 1. The van der Waals surface area contributed by atoms with E-state index < -0.39 is 0 Å². The van der Waals surface area contributed by atoms with Crippen molar-refractivity contribution in [2.24, 2.45) is 52.3 Å². The second-order valence-corrected chi connectivity index (χ2v) is 10.1. The number of hydrogen-bond donors (Lipinski definition) is 0. The summed E-state index contributed by atoms with van der Waals surface area (Å²) in [6, 6.07) is 2.86. The zero-order valence-corrected chi connectivity index (χ0v) is 16.2. The van der Waals surface area contributed by atoms with E-state index in [0.29, 0.717) is 47.7 Å². The van der Waals surface area contributed by atoms with E-state index in [1.165, 1.54) is 24.8 Å². The molecule has 0 aromatic rings. The van der Waals surface area contributed by atoms with Crippen LogP contribution in [0, 0.1) is 63.6 Å². The van der Waals surface area contributed by atoms with Crippen molar-refractivity contribution in [3.8, 4) is 6.07 Å². The SMILES string of the molecule is C=C[C@@H]1C=C2CC(=O)CC[C@@H]2[C@H]2CC[C@@]3(C)[C@@H]([C@@H]4C[C@@H]4[C@@]3(C#N)CC)[C@H]12. The Morgan fingerprint density at radius 1 is 1.38 bits per heavy atom. The summed E-state index contributed by atoms with van der Waals surface area (Å²) in [6.45, 7) is 8.89. The summed E-state index contributed by atoms with van der Waals surface area (Å²) in [7, 11) is 0. The molecular weight excluding hydrogens is 318 g/mol. The van der Waals surface area contributed by atoms with E-state index in [9.17, 15) is 10.1 Å². The summed E-state index contributed by atoms with van der Waals surface area (Å²) in [5.41, 5.74) is 1.48. The second kappa shape index (κ2) is 5.34. The first-order chi connectivity index (χ1) is 12.5. The van der Waals surface area contributed by atoms with E-state index in [4.69, 9.17) is 0 Å². The van der Waals surface area contributed by atoms with Gasteiger partial charge in [-0.1, -0.05) is 31.6 Å². The molecule has 4 saturated carbocycles. The van der Waals surface area contributed by atoms with Gasteiger partial charge in [-0.25, -0.2) is 0 Å². The van der Waals surface area contributed by atoms with Crippen molar-refractivity contribution in [1.82, 2.24) is 0 Å². The molecule has 0 bridgehead atoms. The fourth-order valence-corrected chi connectivity index (χ4v) is 8.55. The van der Waals surface area contributed by atoms with Gasteiger partial charge in [-0.05, 0) is 78.9 Å². The summed E-state index contributed by atoms with van der Waals surface area (Å²) < 4.78 is 0. The molecule has 138 valence electrons. The van der Waals surface area contributed by atoms with Crippen LogP contribution in [-0.4, -0.2) is 5.78 Å². The average Bonchev–Trinajstić information content (AvgIpc) is 3.38. The first-order valence-corrected chi connectivity index (χ1v) is 10.8. The highest BCUT2D eigenvalue weighted by atomic mass is 16.1. The number of carbonyl (C=O) groups excluding carboxylic acids is 1. The average molecular weight is 350 g/mol. The Bertz CT molecular complexity index is 744. The van der Waals surface area contributed by atoms with Crippen LogP contribution < -0.4 is 0 Å². The highest BCUT2D eigenvalue weighted by molar-refractivity contribution is 5.82. The van der Waals surface area contributed by atoms with Crippen LogP contribution in [0.4, 0.5) is 0 Å². The van der Waals surface area contributed by atoms with Crippen LogP contribution in [0.5, 0.6) is 0 Å². The number of carbonyl (C=O) groups is 1. The van der Waals surface area contributed by atoms with Crippen molar-refractivity contribution in [2.45, 2.75) is 58.8 Å². The monoisotopic (exact) mass is 349 g/mol. The summed E-state index contributed by atoms with van der Waals surface area (Å²) in [4.78, 5) is 12.0. The number of Topliss-reactive ketones (excluding diaryl/α,β-unsaturated/α-hetero) is 1. The summed E-state index contributed by atoms with van der Waals surface area (Å²) >= 11 is 0. The molecular formula is C24H31NO. The van der Waals surface area contributed by atoms with Gasteiger partial charge in [0.05, 0.1) is 11.5 Å². The summed E-state index contributed by atoms with van der Waals surface area (Å²) in [5.74, 6) is 4.85. The lowest BCUT2D eigenvalue weighted by Crippen LogP contribution is -2.53. The van der Waals surface area contributed by atoms with Crippen molar-refractivity contribution >= 4 is 5.78 Å². The molecule has 9 atom stereocenters. The minimum Gasteiger partial charge on any atom is -0.299 e. The Morgan fingerprint density at radius 3 is 2.88 bits per heavy atom. The van der Waals surface area contributed by atoms with Crippen molar-refractivity contribution < 1.29 is 4.79 Å². The van der Waals surface area contributed by atoms with Crippen LogP contribution in [0.2, 0.25) is 0 Å². The quantitative estimate of drug-likeness (QED) is 0.633. The van der Waals surface area contributed by atoms with Crippen molar-refractivity contribution in [3.63, 3.8) is 0 Å². The first kappa shape index (κ1) is 16.8. The molecule has 2 heteroatoms. The van der Waals surface area contributed by atoms with E-state index in [1.807, 2.05) is 0 Å². The molecule has 0 aliphatic heterocycles. The largest absolute Gasteiger partial charge is 0.299 e. The molecule has 0 aromatic heterocycles. The van der Waals surface area contributed by atoms with Crippen LogP contribution in [0.3, 0.4) is 0 Å². The predicted molar refractivity (Wildman–Crippen MR) is 102 cm³/mol. The maximum Gasteiger partial charge on any atom is 0.136 e. The van der Waals surface area contributed by atoms with Gasteiger partial charge in [0.25, 0.3) is 0 Å². The lowest BCUT2D eigenvalue weighted by atomic mass is 9.45. The zero-order chi connectivity index (χ0) is 18.3. The van der Waals surface area contributed by atoms with E-state index >= 15 is 0 Å². The number of nitriles is 1. The molecule has 0 spiro atoms. The van der Waals surface area contributed by atoms with Gasteiger partial charge in [-0.2, -0.15) is 5.26 Å². The lowest BCUT2D eigenvalue weighted by molar-refractivity contribution is -0.121. The summed E-state index contributed by atoms with van der Waals surface area (Å²) in [5, 5.41) is 10.2. The minimum atomic E-state index is -0.106. The van der Waals surface area contributed by atoms with Crippen LogP contribution in [0.25, 0.3) is 0 Å². The second-order valence-electron chi connectivity index (χ2n) is 10.1. The predicted octanol–water partition coefficient (Wildman–Crippen LogP) is 5.32. The topological polar surface area (TPSA) is 40.9 Å². The van der Waals surface area contributed by atoms with Crippen molar-refractivity contribution in [3.05, 3.63) is 24.3 Å². The van der Waals surface area contributed by atoms with Gasteiger partial charge in [0.15, 0.2) is 0 Å². The van der Waals surface area contributed by atoms with Crippen molar-refractivity contribution in [1.29, 1.82) is 5.26 Å². The fraction of sp³-hybridized carbons (Fsp3) is 0.750. The van der Waals surface area contributed by atoms with E-state index in [-0.39, 0.29) is 10.8 Å². The maximum atomic E-state index is 12.0. The van der Waals surface area contributed by atoms with Gasteiger partial charge in [0, 0.05) is 12.8 Å². The number of nitrogens with zero attached hydrogens (tertiary/aromatic N) is 1. The Hall–Kier alpha value is -1.36. The van der Waals surface area contributed by atoms with Crippen LogP contribution >= 0.6 is 0 Å². The molecule has 0 amide bonds. The molecule has 0 aromatic carbocycles. The highest BCUT2D eigenvalue weighted by Crippen LogP contribution is 2.79. The molecule has 2 nitrogen and oxygen atoms in total. The molecule has 5 aliphatic rings. The van der Waals surface area contributed by atoms with E-state index in [0.717, 1.165) is 25.2 Å². The fourth-order valence-electron chi connectivity index (χ4n) is 8.55. The first-order valence-electron chi connectivity index (χ1n) is 10.8. The highest BCUT2D eigenvalue weighted by Gasteiger charge is 2.76. The smallest absolute Gasteiger partial charge is 0.136 e. The third-order valence-corrected chi connectivity index (χ3v) is 9.60. The molecule has 4 fully saturated rings. The van der Waals surface area contributed by atoms with Gasteiger partial charge in [0.2, 0.25) is 0 Å². The number of hydrogen-bond acceptors (Lipinski definition) is 2. The molecule has 0 radical (unpaired) electrons. The minimum absolute atomic E-state index is 0.106. The van der Waals surface area contributed by atoms with Crippen molar-refractivity contribution in [2.75, 3.05) is 0 Å². The molecule has 26 heavy (non-hydrogen) atoms. The normalized spacial score (nSPS) is 54.1. The molecule has 5 aliphatic carbocycles. The van der Waals surface area contributed by atoms with Crippen LogP contribution in [-0.2, 0) is 4.79 Å². The maximum absolute atomic E-state index is 12.0. The van der Waals surface area contributed by atoms with Gasteiger partial charge in [0.1, 0.15) is 5.78 Å². The Morgan fingerprint density at radius 2 is 2.19 bits per heavy atom. The Labute approximate surface area is 157 Å². The molecule has 0 N–H and O–H groups in total. The Kier molecular flexibility index (Phi) is 3.45. The molecule has 5 rings (SSSR count). The van der Waals surface area contributed by atoms with E-state index in [1.54, 1.807) is 0 Å². The molecule has 0 saturated heterocycles. The van der Waals surface area contributed by atoms with Crippen LogP contribution in [0.15, 0.2) is 24.3 Å². The number of rotatable bonds is 2. The third kappa shape index (κ3) is 1.81. The molecule has 0 heterocycles. The van der Waals surface area contributed by atoms with Crippen LogP contribution in [0.1, 0.15) is 58.8 Å². The number of allylic oxidation sites excluding steroid dienone is 3. The standard InChI is InChI=1S/C24H31NO/c1-4-14-10-15-11-16(26)6-7-17(15)18-8-9-23(3)22(21(14)18)19-12-20(19)24(23,5-2)13-25/h4,10,14,17-22H,1,5-9,11-12H2,2-3H3/t14-,17+,18-,19-,20+,21-,22+,23+,24+/m1/s1. The van der Waals surface area contributed by atoms with Gasteiger partial charge < -0.3 is 0 Å². The van der Waals surface area contributed by atoms with Gasteiger partial charge in [-0.3, -0.25) is 4.79 Å². The Balaban J connectivity index is 1.59. The van der Waals surface area contributed by atoms with E-state index in [2.05, 4.69) is 38.6 Å². The van der Waals surface area contributed by atoms with Gasteiger partial charge >= 0.3 is 0 Å². The lowest BCUT2D eigenvalue weighted by Gasteiger charge is -2.58. The number of fused-ring (bicyclic) bond motifs is 7. The summed E-state index contributed by atoms with van der Waals surface area (Å²) in [6.07, 6.45) is 11.8. The molecule has 0 unspecified atom stereocenters. The zero-order valence-electron chi connectivity index (χ0n) is 16.2.